The second-order valence-corrected chi connectivity index (χ2v) is 5.28. The molecule has 1 saturated carbocycles. The van der Waals surface area contributed by atoms with E-state index in [0.717, 1.165) is 11.8 Å². The standard InChI is InChI=1S/C11H19NS/c1-8-4-3-5-10-9(8)6-7-11(12-10)13-2/h8-10H,3-7H2,1-2H3/t8-,9+,10-/m1/s1. The molecule has 0 aromatic rings. The highest BCUT2D eigenvalue weighted by atomic mass is 32.2. The molecule has 0 bridgehead atoms. The zero-order valence-corrected chi connectivity index (χ0v) is 9.44. The van der Waals surface area contributed by atoms with Crippen molar-refractivity contribution in [3.05, 3.63) is 0 Å². The van der Waals surface area contributed by atoms with Gasteiger partial charge in [0.15, 0.2) is 0 Å². The van der Waals surface area contributed by atoms with Gasteiger partial charge in [0.1, 0.15) is 0 Å². The lowest BCUT2D eigenvalue weighted by molar-refractivity contribution is 0.205. The number of thioether (sulfide) groups is 1. The quantitative estimate of drug-likeness (QED) is 0.580. The predicted molar refractivity (Wildman–Crippen MR) is 60.5 cm³/mol. The Hall–Kier alpha value is 0.0200. The second kappa shape index (κ2) is 4.04. The molecule has 0 unspecified atom stereocenters. The van der Waals surface area contributed by atoms with Crippen LogP contribution in [0.5, 0.6) is 0 Å². The Kier molecular flexibility index (Phi) is 2.97. The second-order valence-electron chi connectivity index (χ2n) is 4.41. The number of hydrogen-bond acceptors (Lipinski definition) is 2. The third-order valence-corrected chi connectivity index (χ3v) is 4.40. The Labute approximate surface area is 85.4 Å². The molecule has 2 heteroatoms. The summed E-state index contributed by atoms with van der Waals surface area (Å²) in [5.74, 6) is 1.83. The van der Waals surface area contributed by atoms with Crippen molar-refractivity contribution in [2.24, 2.45) is 16.8 Å². The fourth-order valence-electron chi connectivity index (χ4n) is 2.79. The first-order chi connectivity index (χ1) is 6.31. The first-order valence-corrected chi connectivity index (χ1v) is 6.64. The maximum Gasteiger partial charge on any atom is 0.0676 e. The van der Waals surface area contributed by atoms with E-state index in [9.17, 15) is 0 Å². The highest BCUT2D eigenvalue weighted by Crippen LogP contribution is 2.38. The molecule has 2 rings (SSSR count). The van der Waals surface area contributed by atoms with Crippen molar-refractivity contribution in [2.45, 2.75) is 45.1 Å². The van der Waals surface area contributed by atoms with Crippen LogP contribution in [0.1, 0.15) is 39.0 Å². The molecule has 74 valence electrons. The normalized spacial score (nSPS) is 39.5. The third kappa shape index (κ3) is 1.93. The largest absolute Gasteiger partial charge is 0.279 e. The van der Waals surface area contributed by atoms with E-state index < -0.39 is 0 Å². The zero-order chi connectivity index (χ0) is 9.26. The van der Waals surface area contributed by atoms with Crippen molar-refractivity contribution in [3.8, 4) is 0 Å². The Morgan fingerprint density at radius 3 is 2.92 bits per heavy atom. The number of rotatable bonds is 0. The van der Waals surface area contributed by atoms with Gasteiger partial charge in [-0.3, -0.25) is 4.99 Å². The van der Waals surface area contributed by atoms with Gasteiger partial charge in [0.25, 0.3) is 0 Å². The SMILES string of the molecule is CSC1=N[C@@H]2CCC[C@@H](C)[C@@H]2CC1. The maximum absolute atomic E-state index is 4.85. The molecule has 2 aliphatic rings. The van der Waals surface area contributed by atoms with E-state index in [2.05, 4.69) is 13.2 Å². The molecule has 1 aliphatic heterocycles. The molecule has 0 N–H and O–H groups in total. The van der Waals surface area contributed by atoms with Gasteiger partial charge in [-0.25, -0.2) is 0 Å². The molecule has 1 fully saturated rings. The number of hydrogen-bond donors (Lipinski definition) is 0. The van der Waals surface area contributed by atoms with Gasteiger partial charge in [0.2, 0.25) is 0 Å². The number of aliphatic imine (C=N–C) groups is 1. The zero-order valence-electron chi connectivity index (χ0n) is 8.62. The van der Waals surface area contributed by atoms with Crippen LogP contribution in [0, 0.1) is 11.8 Å². The van der Waals surface area contributed by atoms with Gasteiger partial charge in [-0.1, -0.05) is 19.8 Å². The van der Waals surface area contributed by atoms with E-state index in [1.807, 2.05) is 11.8 Å². The maximum atomic E-state index is 4.85. The van der Waals surface area contributed by atoms with Crippen molar-refractivity contribution >= 4 is 16.8 Å². The van der Waals surface area contributed by atoms with E-state index >= 15 is 0 Å². The summed E-state index contributed by atoms with van der Waals surface area (Å²) >= 11 is 1.85. The first-order valence-electron chi connectivity index (χ1n) is 5.42. The summed E-state index contributed by atoms with van der Waals surface area (Å²) in [5, 5.41) is 1.40. The van der Waals surface area contributed by atoms with Crippen LogP contribution in [0.2, 0.25) is 0 Å². The van der Waals surface area contributed by atoms with Crippen LogP contribution in [0.25, 0.3) is 0 Å². The lowest BCUT2D eigenvalue weighted by atomic mass is 9.74. The van der Waals surface area contributed by atoms with Gasteiger partial charge in [-0.2, -0.15) is 0 Å². The molecule has 1 nitrogen and oxygen atoms in total. The summed E-state index contributed by atoms with van der Waals surface area (Å²) < 4.78 is 0. The monoisotopic (exact) mass is 197 g/mol. The molecule has 0 aromatic carbocycles. The minimum atomic E-state index is 0.681. The van der Waals surface area contributed by atoms with Crippen LogP contribution in [-0.4, -0.2) is 17.3 Å². The van der Waals surface area contributed by atoms with Crippen molar-refractivity contribution in [1.82, 2.24) is 0 Å². The highest BCUT2D eigenvalue weighted by molar-refractivity contribution is 8.13. The smallest absolute Gasteiger partial charge is 0.0676 e. The van der Waals surface area contributed by atoms with E-state index in [1.54, 1.807) is 0 Å². The molecular weight excluding hydrogens is 178 g/mol. The van der Waals surface area contributed by atoms with Crippen molar-refractivity contribution in [1.29, 1.82) is 0 Å². The summed E-state index contributed by atoms with van der Waals surface area (Å²) in [6.45, 7) is 2.41. The summed E-state index contributed by atoms with van der Waals surface area (Å²) in [6, 6.07) is 0.681. The first kappa shape index (κ1) is 9.57. The molecule has 13 heavy (non-hydrogen) atoms. The van der Waals surface area contributed by atoms with Gasteiger partial charge >= 0.3 is 0 Å². The molecular formula is C11H19NS. The summed E-state index contributed by atoms with van der Waals surface area (Å²) in [5.41, 5.74) is 0. The van der Waals surface area contributed by atoms with Gasteiger partial charge in [0, 0.05) is 0 Å². The van der Waals surface area contributed by atoms with Crippen LogP contribution in [0.15, 0.2) is 4.99 Å². The van der Waals surface area contributed by atoms with Crippen molar-refractivity contribution in [3.63, 3.8) is 0 Å². The van der Waals surface area contributed by atoms with Gasteiger partial charge in [-0.15, -0.1) is 11.8 Å². The van der Waals surface area contributed by atoms with Gasteiger partial charge in [-0.05, 0) is 37.4 Å². The molecule has 0 radical (unpaired) electrons. The predicted octanol–water partition coefficient (Wildman–Crippen LogP) is 3.35. The number of nitrogens with zero attached hydrogens (tertiary/aromatic N) is 1. The molecule has 1 aliphatic carbocycles. The fourth-order valence-corrected chi connectivity index (χ4v) is 3.35. The molecule has 0 spiro atoms. The molecule has 0 amide bonds. The lowest BCUT2D eigenvalue weighted by Crippen LogP contribution is -2.33. The van der Waals surface area contributed by atoms with Crippen LogP contribution in [0.4, 0.5) is 0 Å². The minimum absolute atomic E-state index is 0.681. The molecule has 0 aromatic heterocycles. The molecule has 1 heterocycles. The Balaban J connectivity index is 2.09. The summed E-state index contributed by atoms with van der Waals surface area (Å²) in [6.07, 6.45) is 8.97. The van der Waals surface area contributed by atoms with Crippen LogP contribution < -0.4 is 0 Å². The summed E-state index contributed by atoms with van der Waals surface area (Å²) in [4.78, 5) is 4.85. The Morgan fingerprint density at radius 2 is 2.15 bits per heavy atom. The lowest BCUT2D eigenvalue weighted by Gasteiger charge is -2.37. The number of fused-ring (bicyclic) bond motifs is 1. The van der Waals surface area contributed by atoms with E-state index in [4.69, 9.17) is 4.99 Å². The average molecular weight is 197 g/mol. The topological polar surface area (TPSA) is 12.4 Å². The van der Waals surface area contributed by atoms with Crippen LogP contribution >= 0.6 is 11.8 Å². The molecule has 3 atom stereocenters. The Bertz CT molecular complexity index is 212. The Morgan fingerprint density at radius 1 is 1.31 bits per heavy atom. The highest BCUT2D eigenvalue weighted by Gasteiger charge is 2.32. The van der Waals surface area contributed by atoms with E-state index in [0.29, 0.717) is 6.04 Å². The van der Waals surface area contributed by atoms with Crippen LogP contribution in [-0.2, 0) is 0 Å². The van der Waals surface area contributed by atoms with E-state index in [-0.39, 0.29) is 0 Å². The van der Waals surface area contributed by atoms with Crippen molar-refractivity contribution < 1.29 is 0 Å². The van der Waals surface area contributed by atoms with E-state index in [1.165, 1.54) is 37.1 Å². The van der Waals surface area contributed by atoms with Gasteiger partial charge in [0.05, 0.1) is 11.1 Å². The van der Waals surface area contributed by atoms with Gasteiger partial charge < -0.3 is 0 Å². The fraction of sp³-hybridized carbons (Fsp3) is 0.909. The third-order valence-electron chi connectivity index (χ3n) is 3.62. The van der Waals surface area contributed by atoms with Crippen LogP contribution in [0.3, 0.4) is 0 Å². The molecule has 0 saturated heterocycles. The van der Waals surface area contributed by atoms with Crippen molar-refractivity contribution in [2.75, 3.05) is 6.26 Å². The average Bonchev–Trinajstić information content (AvgIpc) is 2.18. The summed E-state index contributed by atoms with van der Waals surface area (Å²) in [7, 11) is 0. The minimum Gasteiger partial charge on any atom is -0.279 e.